The van der Waals surface area contributed by atoms with Gasteiger partial charge in [0.2, 0.25) is 0 Å². The van der Waals surface area contributed by atoms with Crippen LogP contribution >= 0.6 is 11.3 Å². The first-order valence-electron chi connectivity index (χ1n) is 10.2. The average Bonchev–Trinajstić information content (AvgIpc) is 3.22. The Morgan fingerprint density at radius 3 is 2.73 bits per heavy atom. The van der Waals surface area contributed by atoms with Crippen LogP contribution in [0.15, 0.2) is 28.7 Å². The second-order valence-corrected chi connectivity index (χ2v) is 8.01. The van der Waals surface area contributed by atoms with Gasteiger partial charge < -0.3 is 15.5 Å². The molecule has 0 atom stereocenters. The first-order chi connectivity index (χ1) is 14.5. The maximum atomic E-state index is 12.7. The molecule has 0 unspecified atom stereocenters. The molecule has 2 aromatic heterocycles. The molecular weight excluding hydrogens is 413 g/mol. The van der Waals surface area contributed by atoms with Gasteiger partial charge in [-0.1, -0.05) is 0 Å². The fourth-order valence-corrected chi connectivity index (χ4v) is 4.02. The number of piperidine rings is 1. The molecule has 30 heavy (non-hydrogen) atoms. The minimum atomic E-state index is -4.39. The van der Waals surface area contributed by atoms with Gasteiger partial charge in [0.1, 0.15) is 5.82 Å². The molecule has 2 aromatic rings. The summed E-state index contributed by atoms with van der Waals surface area (Å²) in [6.07, 6.45) is 1.49. The predicted octanol–water partition coefficient (Wildman–Crippen LogP) is 3.85. The Morgan fingerprint density at radius 1 is 1.23 bits per heavy atom. The lowest BCUT2D eigenvalue weighted by Crippen LogP contribution is -2.38. The second-order valence-electron chi connectivity index (χ2n) is 7.07. The summed E-state index contributed by atoms with van der Waals surface area (Å²) in [6.45, 7) is 5.68. The fraction of sp³-hybridized carbons (Fsp3) is 0.550. The molecule has 2 N–H and O–H groups in total. The topological polar surface area (TPSA) is 65.4 Å². The van der Waals surface area contributed by atoms with E-state index in [9.17, 15) is 13.2 Å². The highest BCUT2D eigenvalue weighted by Crippen LogP contribution is 2.30. The second kappa shape index (κ2) is 10.6. The number of rotatable bonds is 7. The molecule has 1 aliphatic rings. The van der Waals surface area contributed by atoms with Crippen LogP contribution < -0.4 is 15.5 Å². The number of halogens is 3. The van der Waals surface area contributed by atoms with E-state index < -0.39 is 11.9 Å². The molecule has 0 radical (unpaired) electrons. The van der Waals surface area contributed by atoms with Gasteiger partial charge in [-0.3, -0.25) is 0 Å². The summed E-state index contributed by atoms with van der Waals surface area (Å²) < 4.78 is 38.0. The number of hydrogen-bond donors (Lipinski definition) is 2. The smallest absolute Gasteiger partial charge is 0.357 e. The van der Waals surface area contributed by atoms with Crippen molar-refractivity contribution >= 4 is 23.1 Å². The third-order valence-electron chi connectivity index (χ3n) is 4.73. The molecule has 1 fully saturated rings. The van der Waals surface area contributed by atoms with Gasteiger partial charge in [-0.25, -0.2) is 15.0 Å². The molecule has 164 valence electrons. The number of pyridine rings is 1. The van der Waals surface area contributed by atoms with Gasteiger partial charge in [-0.2, -0.15) is 13.2 Å². The number of aromatic nitrogens is 2. The van der Waals surface area contributed by atoms with Crippen LogP contribution in [0.5, 0.6) is 0 Å². The Kier molecular flexibility index (Phi) is 7.89. The lowest BCUT2D eigenvalue weighted by Gasteiger charge is -2.27. The van der Waals surface area contributed by atoms with Gasteiger partial charge in [-0.05, 0) is 43.9 Å². The maximum absolute atomic E-state index is 12.7. The van der Waals surface area contributed by atoms with Crippen LogP contribution in [0, 0.1) is 0 Å². The number of nitrogens with one attached hydrogen (secondary N) is 2. The Hall–Kier alpha value is -2.36. The summed E-state index contributed by atoms with van der Waals surface area (Å²) in [7, 11) is 0. The van der Waals surface area contributed by atoms with Crippen molar-refractivity contribution < 1.29 is 13.2 Å². The molecule has 10 heteroatoms. The van der Waals surface area contributed by atoms with Crippen molar-refractivity contribution in [1.29, 1.82) is 0 Å². The summed E-state index contributed by atoms with van der Waals surface area (Å²) in [4.78, 5) is 15.0. The normalized spacial score (nSPS) is 15.3. The van der Waals surface area contributed by atoms with Crippen molar-refractivity contribution in [1.82, 2.24) is 20.6 Å². The highest BCUT2D eigenvalue weighted by Gasteiger charge is 2.33. The van der Waals surface area contributed by atoms with Crippen molar-refractivity contribution in [2.24, 2.45) is 4.99 Å². The summed E-state index contributed by atoms with van der Waals surface area (Å²) in [5, 5.41) is 7.83. The molecule has 0 saturated carbocycles. The lowest BCUT2D eigenvalue weighted by atomic mass is 10.1. The average molecular weight is 441 g/mol. The summed E-state index contributed by atoms with van der Waals surface area (Å²) in [5.41, 5.74) is 0.239. The van der Waals surface area contributed by atoms with Crippen molar-refractivity contribution in [3.63, 3.8) is 0 Å². The molecule has 0 bridgehead atoms. The third kappa shape index (κ3) is 6.58. The molecular formula is C20H27F3N6S. The van der Waals surface area contributed by atoms with E-state index in [4.69, 9.17) is 0 Å². The van der Waals surface area contributed by atoms with E-state index in [0.29, 0.717) is 37.0 Å². The van der Waals surface area contributed by atoms with Crippen LogP contribution in [0.25, 0.3) is 0 Å². The maximum Gasteiger partial charge on any atom is 0.434 e. The van der Waals surface area contributed by atoms with E-state index in [-0.39, 0.29) is 0 Å². The van der Waals surface area contributed by atoms with Gasteiger partial charge in [0, 0.05) is 44.2 Å². The molecule has 0 amide bonds. The lowest BCUT2D eigenvalue weighted by molar-refractivity contribution is -0.140. The number of thiazole rings is 1. The van der Waals surface area contributed by atoms with E-state index in [0.717, 1.165) is 41.2 Å². The number of anilines is 1. The first-order valence-corrected chi connectivity index (χ1v) is 11.1. The number of alkyl halides is 3. The molecule has 0 spiro atoms. The summed E-state index contributed by atoms with van der Waals surface area (Å²) in [5.74, 6) is 1.62. The SMILES string of the molecule is CCNC(=NCc1ccnc(N2CCCCC2)c1)NCCc1nc(C(F)(F)F)cs1. The Morgan fingerprint density at radius 2 is 2.03 bits per heavy atom. The standard InChI is InChI=1S/C20H27F3N6S/c1-2-24-19(26-9-7-18-28-16(14-30-18)20(21,22)23)27-13-15-6-8-25-17(12-15)29-10-4-3-5-11-29/h6,8,12,14H,2-5,7,9-11,13H2,1H3,(H2,24,26,27). The van der Waals surface area contributed by atoms with Crippen LogP contribution in [0.3, 0.4) is 0 Å². The predicted molar refractivity (Wildman–Crippen MR) is 114 cm³/mol. The fourth-order valence-electron chi connectivity index (χ4n) is 3.21. The van der Waals surface area contributed by atoms with E-state index >= 15 is 0 Å². The van der Waals surface area contributed by atoms with Gasteiger partial charge >= 0.3 is 6.18 Å². The van der Waals surface area contributed by atoms with Crippen molar-refractivity contribution in [3.05, 3.63) is 40.0 Å². The van der Waals surface area contributed by atoms with Gasteiger partial charge in [0.15, 0.2) is 11.7 Å². The number of hydrogen-bond acceptors (Lipinski definition) is 5. The van der Waals surface area contributed by atoms with Crippen LogP contribution in [0.1, 0.15) is 42.5 Å². The van der Waals surface area contributed by atoms with E-state index in [1.54, 1.807) is 0 Å². The van der Waals surface area contributed by atoms with Crippen LogP contribution in [0.2, 0.25) is 0 Å². The van der Waals surface area contributed by atoms with Crippen LogP contribution in [-0.2, 0) is 19.1 Å². The zero-order valence-electron chi connectivity index (χ0n) is 17.0. The first kappa shape index (κ1) is 22.3. The van der Waals surface area contributed by atoms with Crippen LogP contribution in [0.4, 0.5) is 19.0 Å². The largest absolute Gasteiger partial charge is 0.434 e. The zero-order chi connectivity index (χ0) is 21.4. The van der Waals surface area contributed by atoms with Gasteiger partial charge in [0.25, 0.3) is 0 Å². The molecule has 3 rings (SSSR count). The highest BCUT2D eigenvalue weighted by atomic mass is 32.1. The van der Waals surface area contributed by atoms with E-state index in [2.05, 4.69) is 36.6 Å². The van der Waals surface area contributed by atoms with E-state index in [1.807, 2.05) is 19.2 Å². The minimum Gasteiger partial charge on any atom is -0.357 e. The zero-order valence-corrected chi connectivity index (χ0v) is 17.8. The number of guanidine groups is 1. The van der Waals surface area contributed by atoms with Crippen molar-refractivity contribution in [2.75, 3.05) is 31.1 Å². The van der Waals surface area contributed by atoms with Crippen molar-refractivity contribution in [2.45, 2.75) is 45.3 Å². The van der Waals surface area contributed by atoms with E-state index in [1.165, 1.54) is 19.3 Å². The molecule has 0 aromatic carbocycles. The molecule has 3 heterocycles. The number of nitrogens with zero attached hydrogens (tertiary/aromatic N) is 4. The van der Waals surface area contributed by atoms with Crippen LogP contribution in [-0.4, -0.2) is 42.1 Å². The van der Waals surface area contributed by atoms with Crippen molar-refractivity contribution in [3.8, 4) is 0 Å². The summed E-state index contributed by atoms with van der Waals surface area (Å²) >= 11 is 1.02. The third-order valence-corrected chi connectivity index (χ3v) is 5.64. The van der Waals surface area contributed by atoms with Gasteiger partial charge in [0.05, 0.1) is 11.6 Å². The Balaban J connectivity index is 1.54. The molecule has 6 nitrogen and oxygen atoms in total. The molecule has 1 aliphatic heterocycles. The van der Waals surface area contributed by atoms with Gasteiger partial charge in [-0.15, -0.1) is 11.3 Å². The Bertz CT molecular complexity index is 830. The Labute approximate surface area is 178 Å². The molecule has 1 saturated heterocycles. The highest BCUT2D eigenvalue weighted by molar-refractivity contribution is 7.09. The summed E-state index contributed by atoms with van der Waals surface area (Å²) in [6, 6.07) is 4.03. The monoisotopic (exact) mass is 440 g/mol. The molecule has 0 aliphatic carbocycles. The minimum absolute atomic E-state index is 0.402. The quantitative estimate of drug-likeness (QED) is 0.506. The number of aliphatic imine (C=N–C) groups is 1.